The number of aromatic nitrogens is 2. The standard InChI is InChI=1S/C55H53F3N4O/c1-52(2,3)36-25-26-59-49(30-36)62-46-23-14-13-21-44(46)50-45(55(56,57)58)32-42(33-48(50)62)63-41-20-15-19-39(31-41)60-34-61(40-28-37(53(4,5)6)27-38(29-40)54(7,8)9)51-43(22-16-24-47(51)60)35-17-11-10-12-18-35/h10-33H,34H2,1-9H3. The molecule has 0 spiro atoms. The Morgan fingerprint density at radius 1 is 0.540 bits per heavy atom. The van der Waals surface area contributed by atoms with Crippen LogP contribution < -0.4 is 14.5 Å². The van der Waals surface area contributed by atoms with Crippen molar-refractivity contribution >= 4 is 44.6 Å². The summed E-state index contributed by atoms with van der Waals surface area (Å²) in [5.41, 5.74) is 9.64. The number of hydrogen-bond acceptors (Lipinski definition) is 4. The Kier molecular flexibility index (Phi) is 10.0. The third-order valence-electron chi connectivity index (χ3n) is 12.2. The summed E-state index contributed by atoms with van der Waals surface area (Å²) in [5.74, 6) is 1.03. The van der Waals surface area contributed by atoms with E-state index < -0.39 is 11.7 Å². The molecule has 8 heteroatoms. The maximum atomic E-state index is 15.2. The van der Waals surface area contributed by atoms with Crippen molar-refractivity contribution < 1.29 is 17.9 Å². The molecule has 5 nitrogen and oxygen atoms in total. The van der Waals surface area contributed by atoms with Gasteiger partial charge in [-0.1, -0.05) is 135 Å². The molecular formula is C55H53F3N4O. The van der Waals surface area contributed by atoms with Crippen LogP contribution in [0.15, 0.2) is 146 Å². The summed E-state index contributed by atoms with van der Waals surface area (Å²) < 4.78 is 54.0. The van der Waals surface area contributed by atoms with Gasteiger partial charge in [0, 0.05) is 46.0 Å². The number of anilines is 4. The van der Waals surface area contributed by atoms with E-state index >= 15 is 13.2 Å². The second kappa shape index (κ2) is 15.1. The zero-order chi connectivity index (χ0) is 44.6. The number of halogens is 3. The number of benzene rings is 6. The van der Waals surface area contributed by atoms with Crippen LogP contribution in [0.5, 0.6) is 11.5 Å². The van der Waals surface area contributed by atoms with Gasteiger partial charge >= 0.3 is 6.18 Å². The molecule has 2 aromatic heterocycles. The van der Waals surface area contributed by atoms with E-state index in [1.165, 1.54) is 11.1 Å². The molecule has 320 valence electrons. The van der Waals surface area contributed by atoms with Gasteiger partial charge in [0.1, 0.15) is 24.0 Å². The van der Waals surface area contributed by atoms with Gasteiger partial charge in [-0.25, -0.2) is 4.98 Å². The molecule has 63 heavy (non-hydrogen) atoms. The van der Waals surface area contributed by atoms with Gasteiger partial charge in [-0.05, 0) is 93.1 Å². The van der Waals surface area contributed by atoms with Crippen molar-refractivity contribution in [3.63, 3.8) is 0 Å². The Labute approximate surface area is 368 Å². The molecule has 0 saturated carbocycles. The summed E-state index contributed by atoms with van der Waals surface area (Å²) in [5, 5.41) is 0.599. The summed E-state index contributed by atoms with van der Waals surface area (Å²) in [6.07, 6.45) is -2.94. The fourth-order valence-electron chi connectivity index (χ4n) is 8.69. The number of rotatable bonds is 6. The number of alkyl halides is 3. The van der Waals surface area contributed by atoms with Crippen molar-refractivity contribution in [3.05, 3.63) is 168 Å². The number of ether oxygens (including phenoxy) is 1. The molecular weight excluding hydrogens is 790 g/mol. The fraction of sp³-hybridized carbons (Fsp3) is 0.255. The van der Waals surface area contributed by atoms with Gasteiger partial charge in [0.25, 0.3) is 0 Å². The Bertz CT molecular complexity index is 2990. The highest BCUT2D eigenvalue weighted by molar-refractivity contribution is 6.11. The van der Waals surface area contributed by atoms with E-state index in [4.69, 9.17) is 9.72 Å². The molecule has 0 N–H and O–H groups in total. The molecule has 0 bridgehead atoms. The van der Waals surface area contributed by atoms with Crippen molar-refractivity contribution in [2.24, 2.45) is 0 Å². The third kappa shape index (κ3) is 7.81. The summed E-state index contributed by atoms with van der Waals surface area (Å²) in [6, 6.07) is 45.3. The molecule has 3 heterocycles. The van der Waals surface area contributed by atoms with E-state index in [1.807, 2.05) is 53.1 Å². The number of pyridine rings is 1. The van der Waals surface area contributed by atoms with Crippen LogP contribution >= 0.6 is 0 Å². The predicted molar refractivity (Wildman–Crippen MR) is 254 cm³/mol. The van der Waals surface area contributed by atoms with Crippen molar-refractivity contribution in [2.45, 2.75) is 84.7 Å². The highest BCUT2D eigenvalue weighted by Gasteiger charge is 2.36. The van der Waals surface area contributed by atoms with Gasteiger partial charge in [-0.2, -0.15) is 13.2 Å². The van der Waals surface area contributed by atoms with E-state index in [-0.39, 0.29) is 27.4 Å². The van der Waals surface area contributed by atoms with E-state index in [0.29, 0.717) is 34.7 Å². The molecule has 0 fully saturated rings. The molecule has 0 aliphatic carbocycles. The van der Waals surface area contributed by atoms with Crippen LogP contribution in [0.25, 0.3) is 38.8 Å². The molecule has 0 amide bonds. The maximum absolute atomic E-state index is 15.2. The molecule has 1 aliphatic rings. The molecule has 6 aromatic carbocycles. The van der Waals surface area contributed by atoms with Crippen LogP contribution in [-0.4, -0.2) is 16.2 Å². The lowest BCUT2D eigenvalue weighted by atomic mass is 9.80. The molecule has 1 aliphatic heterocycles. The van der Waals surface area contributed by atoms with E-state index in [0.717, 1.165) is 45.5 Å². The molecule has 0 unspecified atom stereocenters. The van der Waals surface area contributed by atoms with Gasteiger partial charge in [0.05, 0.1) is 28.0 Å². The van der Waals surface area contributed by atoms with Crippen molar-refractivity contribution in [2.75, 3.05) is 16.5 Å². The monoisotopic (exact) mass is 842 g/mol. The van der Waals surface area contributed by atoms with Gasteiger partial charge < -0.3 is 14.5 Å². The molecule has 0 saturated heterocycles. The Morgan fingerprint density at radius 3 is 1.89 bits per heavy atom. The minimum absolute atomic E-state index is 0.0755. The zero-order valence-electron chi connectivity index (χ0n) is 37.4. The van der Waals surface area contributed by atoms with Gasteiger partial charge in [-0.3, -0.25) is 4.57 Å². The largest absolute Gasteiger partial charge is 0.457 e. The van der Waals surface area contributed by atoms with Crippen LogP contribution in [-0.2, 0) is 22.4 Å². The summed E-state index contributed by atoms with van der Waals surface area (Å²) in [4.78, 5) is 9.34. The minimum Gasteiger partial charge on any atom is -0.457 e. The Hall–Kier alpha value is -6.54. The van der Waals surface area contributed by atoms with E-state index in [1.54, 1.807) is 30.5 Å². The zero-order valence-corrected chi connectivity index (χ0v) is 37.4. The van der Waals surface area contributed by atoms with Gasteiger partial charge in [0.2, 0.25) is 0 Å². The third-order valence-corrected chi connectivity index (χ3v) is 12.2. The van der Waals surface area contributed by atoms with E-state index in [2.05, 4.69) is 133 Å². The highest BCUT2D eigenvalue weighted by atomic mass is 19.4. The maximum Gasteiger partial charge on any atom is 0.417 e. The topological polar surface area (TPSA) is 33.5 Å². The number of hydrogen-bond donors (Lipinski definition) is 0. The Morgan fingerprint density at radius 2 is 1.21 bits per heavy atom. The van der Waals surface area contributed by atoms with Crippen molar-refractivity contribution in [3.8, 4) is 28.4 Å². The minimum atomic E-state index is -4.66. The first-order valence-electron chi connectivity index (χ1n) is 21.5. The van der Waals surface area contributed by atoms with Gasteiger partial charge in [0.15, 0.2) is 0 Å². The highest BCUT2D eigenvalue weighted by Crippen LogP contribution is 2.51. The first-order valence-corrected chi connectivity index (χ1v) is 21.5. The number of fused-ring (bicyclic) bond motifs is 4. The lowest BCUT2D eigenvalue weighted by molar-refractivity contribution is -0.136. The fourth-order valence-corrected chi connectivity index (χ4v) is 8.69. The Balaban J connectivity index is 1.17. The number of para-hydroxylation sites is 2. The second-order valence-electron chi connectivity index (χ2n) is 19.8. The SMILES string of the molecule is CC(C)(C)c1cc(N2CN(c3cccc(Oc4cc(C(F)(F)F)c5c6ccccc6n(-c6cc(C(C)(C)C)ccn6)c5c4)c3)c3cccc(-c4ccccc4)c32)cc(C(C)(C)C)c1. The van der Waals surface area contributed by atoms with Crippen LogP contribution in [0.4, 0.5) is 35.9 Å². The summed E-state index contributed by atoms with van der Waals surface area (Å²) >= 11 is 0. The average Bonchev–Trinajstić information content (AvgIpc) is 3.79. The quantitative estimate of drug-likeness (QED) is 0.167. The van der Waals surface area contributed by atoms with Crippen LogP contribution in [0.1, 0.15) is 84.6 Å². The lowest BCUT2D eigenvalue weighted by Gasteiger charge is -2.30. The lowest BCUT2D eigenvalue weighted by Crippen LogP contribution is -2.25. The molecule has 8 aromatic rings. The van der Waals surface area contributed by atoms with Crippen LogP contribution in [0.3, 0.4) is 0 Å². The average molecular weight is 843 g/mol. The first kappa shape index (κ1) is 41.8. The first-order chi connectivity index (χ1) is 29.8. The van der Waals surface area contributed by atoms with Gasteiger partial charge in [-0.15, -0.1) is 0 Å². The molecule has 0 atom stereocenters. The summed E-state index contributed by atoms with van der Waals surface area (Å²) in [6.45, 7) is 20.3. The smallest absolute Gasteiger partial charge is 0.417 e. The van der Waals surface area contributed by atoms with E-state index in [9.17, 15) is 0 Å². The molecule has 0 radical (unpaired) electrons. The van der Waals surface area contributed by atoms with Crippen molar-refractivity contribution in [1.29, 1.82) is 0 Å². The van der Waals surface area contributed by atoms with Crippen LogP contribution in [0.2, 0.25) is 0 Å². The second-order valence-corrected chi connectivity index (χ2v) is 19.8. The predicted octanol–water partition coefficient (Wildman–Crippen LogP) is 15.8. The molecule has 9 rings (SSSR count). The normalized spacial score (nSPS) is 13.6. The van der Waals surface area contributed by atoms with Crippen molar-refractivity contribution in [1.82, 2.24) is 9.55 Å². The van der Waals surface area contributed by atoms with Crippen LogP contribution in [0, 0.1) is 0 Å². The summed E-state index contributed by atoms with van der Waals surface area (Å²) in [7, 11) is 0. The number of nitrogens with zero attached hydrogens (tertiary/aromatic N) is 4.